The van der Waals surface area contributed by atoms with Crippen LogP contribution in [0.15, 0.2) is 150 Å². The number of nitrogens with two attached hydrogens (primary N) is 3. The van der Waals surface area contributed by atoms with E-state index in [9.17, 15) is 63.9 Å². The minimum atomic E-state index is -0.379. The molecule has 6 aromatic rings. The smallest absolute Gasteiger partial charge is 0.275 e. The standard InChI is InChI=1S/2C18H22N2O3.C18H24N2O.2C15H16N2O3.2C15H18N2O/c1-17(2)11-7-8-18(17,3)15(9-11)20-10-13-12(16(20)21)5-4-6-14(13)19-23-22;1-18(2)12-7-6-11(15(18)8-12)9-19-10-14-13(17(19)21)4-3-5-16(14)20(22)23;1-17(2)11-7-8-18(17,3)15(9-11)20-10-13-12(16(20)21)5-4-6-14(13)19;2*18-15-11-2-1-3-13(17(19)20)12(11)8-16(15)14-7-9-4-5-10(14)6-9;2*16-13-3-1-2-11-12(13)8-17(15(11)18)14-7-9-4-5-10(14)6-9/h4-6,10-11,15,22H,7-9H2,1-3H3;3-5,11-12,15H,6-10H2,1-2H3;4-6,11,15H,7-10,19H2,1-3H3;2*1-3,9-10,14H,4-8H2;2*1-3,9-10,14H,4-8,16H2/b19-14+;;;;;;/t11-,15+,18-;11-,12-,15-;11-,15+,18-;9-,10+,14+;9-,10+,14-;9-,10+,14+;9-,10+,14-/m1110000/s1. The van der Waals surface area contributed by atoms with Crippen LogP contribution in [0.4, 0.5) is 34.1 Å². The summed E-state index contributed by atoms with van der Waals surface area (Å²) in [5, 5.41) is 45.6. The summed E-state index contributed by atoms with van der Waals surface area (Å²) < 4.78 is 0. The van der Waals surface area contributed by atoms with Gasteiger partial charge in [0.2, 0.25) is 0 Å². The third kappa shape index (κ3) is 15.7. The molecule has 7 N–H and O–H groups in total. The Morgan fingerprint density at radius 1 is 0.385 bits per heavy atom. The number of nitrogens with zero attached hydrogens (tertiary/aromatic N) is 11. The Bertz CT molecular complexity index is 6230. The van der Waals surface area contributed by atoms with Crippen molar-refractivity contribution in [2.24, 2.45) is 109 Å². The summed E-state index contributed by atoms with van der Waals surface area (Å²) in [5.74, 6) is 10.0. The lowest BCUT2D eigenvalue weighted by Gasteiger charge is -2.60. The first kappa shape index (κ1) is 95.7. The predicted molar refractivity (Wildman–Crippen MR) is 540 cm³/mol. The number of allylic oxidation sites excluding steroid dienone is 3. The summed E-state index contributed by atoms with van der Waals surface area (Å²) in [6.45, 7) is 23.0. The largest absolute Gasteiger partial charge is 0.398 e. The van der Waals surface area contributed by atoms with Crippen LogP contribution in [0, 0.1) is 134 Å². The minimum Gasteiger partial charge on any atom is -0.398 e. The molecule has 7 heterocycles. The number of benzene rings is 6. The molecule has 6 aromatic carbocycles. The molecule has 0 radical (unpaired) electrons. The van der Waals surface area contributed by atoms with Gasteiger partial charge in [-0.15, -0.1) is 0 Å². The van der Waals surface area contributed by atoms with Gasteiger partial charge in [0.05, 0.1) is 73.4 Å². The number of carbonyl (C=O) groups is 7. The van der Waals surface area contributed by atoms with Crippen molar-refractivity contribution in [3.8, 4) is 0 Å². The van der Waals surface area contributed by atoms with Crippen LogP contribution in [0.3, 0.4) is 0 Å². The third-order valence-electron chi connectivity index (χ3n) is 41.7. The highest BCUT2D eigenvalue weighted by Crippen LogP contribution is 2.70. The van der Waals surface area contributed by atoms with E-state index in [1.54, 1.807) is 48.6 Å². The molecule has 0 saturated heterocycles. The lowest BCUT2D eigenvalue weighted by atomic mass is 9.45. The Labute approximate surface area is 835 Å². The Balaban J connectivity index is 0.0000000956. The summed E-state index contributed by atoms with van der Waals surface area (Å²) in [6, 6.07) is 33.7. The van der Waals surface area contributed by atoms with Crippen molar-refractivity contribution >= 4 is 81.2 Å². The van der Waals surface area contributed by atoms with Gasteiger partial charge in [-0.05, 0) is 311 Å². The monoisotopic (exact) mass is 1940 g/mol. The molecule has 16 aliphatic carbocycles. The van der Waals surface area contributed by atoms with Crippen LogP contribution in [-0.2, 0) is 49.1 Å². The van der Waals surface area contributed by atoms with E-state index in [1.807, 2.05) is 86.5 Å². The molecule has 29 heteroatoms. The maximum Gasteiger partial charge on any atom is 0.275 e. The lowest BCUT2D eigenvalue weighted by molar-refractivity contribution is -0.385. The van der Waals surface area contributed by atoms with E-state index < -0.39 is 0 Å². The Kier molecular flexibility index (Phi) is 24.1. The molecule has 29 rings (SSSR count). The molecular formula is C114H136N14O15. The number of nitrogen functional groups attached to an aromatic ring is 3. The van der Waals surface area contributed by atoms with Gasteiger partial charge < -0.3 is 51.5 Å². The second-order valence-corrected chi connectivity index (χ2v) is 48.3. The fraction of sp³-hybridized carbons (Fsp3) is 0.561. The number of anilines is 3. The molecule has 143 heavy (non-hydrogen) atoms. The molecule has 14 bridgehead atoms. The zero-order valence-electron chi connectivity index (χ0n) is 83.6. The van der Waals surface area contributed by atoms with E-state index in [-0.39, 0.29) is 95.5 Å². The van der Waals surface area contributed by atoms with E-state index in [0.717, 1.165) is 149 Å². The zero-order chi connectivity index (χ0) is 100. The molecule has 29 nitrogen and oxygen atoms in total. The van der Waals surface area contributed by atoms with Crippen LogP contribution in [0.25, 0.3) is 0 Å². The Morgan fingerprint density at radius 3 is 1.08 bits per heavy atom. The summed E-state index contributed by atoms with van der Waals surface area (Å²) in [4.78, 5) is 138. The molecule has 15 saturated carbocycles. The molecule has 15 fully saturated rings. The summed E-state index contributed by atoms with van der Waals surface area (Å²) >= 11 is 0. The number of nitro groups is 3. The van der Waals surface area contributed by atoms with Gasteiger partial charge in [-0.2, -0.15) is 5.26 Å². The van der Waals surface area contributed by atoms with E-state index in [4.69, 9.17) is 22.5 Å². The second-order valence-electron chi connectivity index (χ2n) is 48.3. The van der Waals surface area contributed by atoms with E-state index in [0.29, 0.717) is 141 Å². The first-order valence-corrected chi connectivity index (χ1v) is 53.0. The van der Waals surface area contributed by atoms with Gasteiger partial charge >= 0.3 is 0 Å². The molecule has 0 spiro atoms. The van der Waals surface area contributed by atoms with Crippen LogP contribution in [0.5, 0.6) is 0 Å². The van der Waals surface area contributed by atoms with Gasteiger partial charge in [-0.25, -0.2) is 4.99 Å². The number of rotatable bonds is 12. The maximum absolute atomic E-state index is 12.9. The fourth-order valence-electron chi connectivity index (χ4n) is 32.8. The molecule has 7 amide bonds. The van der Waals surface area contributed by atoms with Crippen LogP contribution in [-0.4, -0.2) is 144 Å². The van der Waals surface area contributed by atoms with Crippen molar-refractivity contribution in [2.45, 2.75) is 291 Å². The summed E-state index contributed by atoms with van der Waals surface area (Å²) in [6.07, 6.45) is 38.2. The van der Waals surface area contributed by atoms with Crippen molar-refractivity contribution in [3.63, 3.8) is 0 Å². The first-order chi connectivity index (χ1) is 68.4. The number of fused-ring (bicyclic) bond motifs is 21. The summed E-state index contributed by atoms with van der Waals surface area (Å²) in [7, 11) is 0. The zero-order valence-corrected chi connectivity index (χ0v) is 83.6. The lowest BCUT2D eigenvalue weighted by Crippen LogP contribution is -2.54. The van der Waals surface area contributed by atoms with Gasteiger partial charge in [0.1, 0.15) is 5.71 Å². The molecule has 21 atom stereocenters. The van der Waals surface area contributed by atoms with Gasteiger partial charge in [0.15, 0.2) is 0 Å². The molecular weight excluding hydrogens is 1810 g/mol. The van der Waals surface area contributed by atoms with Crippen molar-refractivity contribution in [1.29, 1.82) is 0 Å². The van der Waals surface area contributed by atoms with Crippen LogP contribution < -0.4 is 17.2 Å². The molecule has 752 valence electrons. The summed E-state index contributed by atoms with van der Waals surface area (Å²) in [5.41, 5.74) is 32.8. The van der Waals surface area contributed by atoms with Crippen molar-refractivity contribution in [2.75, 3.05) is 23.7 Å². The third-order valence-corrected chi connectivity index (χ3v) is 41.7. The van der Waals surface area contributed by atoms with Gasteiger partial charge in [0, 0.05) is 143 Å². The number of hydrogen-bond donors (Lipinski definition) is 4. The van der Waals surface area contributed by atoms with Crippen molar-refractivity contribution < 1.29 is 58.6 Å². The number of oxime groups is 1. The van der Waals surface area contributed by atoms with Crippen molar-refractivity contribution in [1.82, 2.24) is 34.3 Å². The topological polar surface area (TPSA) is 391 Å². The van der Waals surface area contributed by atoms with Crippen LogP contribution in [0.2, 0.25) is 0 Å². The van der Waals surface area contributed by atoms with Gasteiger partial charge in [-0.3, -0.25) is 63.9 Å². The normalized spacial score (nSPS) is 33.5. The Hall–Kier alpha value is -12.1. The average molecular weight is 1940 g/mol. The SMILES string of the molecule is CC1(C)[C@@H]2CC[C@H](CN3Cc4c(cccc4[N+](=O)[O-])C3=O)[C@H]1C2.CC1(C)[C@@H]2CC[C@]1(C)[C@@H](N1C=C3C(=CC=C/C3=N\OO)C1=O)C2.CC1(C)[C@@H]2CC[C@]1(C)[C@@H](N1Cc3c(N)cccc3C1=O)C2.Nc1cccc2c1CN([C@@H]1C[C@H]3CC[C@@H]1C3)C2=O.Nc1cccc2c1CN([C@H]1C[C@H]3CC[C@@H]1C3)C2=O.O=C1c2cccc([N+](=O)[O-])c2CN1[C@@H]1C[C@H]2CC[C@@H]1C2.O=C1c2cccc([N+](=O)[O-])c2CN1[C@H]1C[C@H]2CC[C@@H]1C2. The second kappa shape index (κ2) is 36.0. The number of hydrogen-bond acceptors (Lipinski definition) is 19. The molecule has 7 aliphatic heterocycles. The van der Waals surface area contributed by atoms with Gasteiger partial charge in [0.25, 0.3) is 58.4 Å². The predicted octanol–water partition coefficient (Wildman–Crippen LogP) is 20.6. The van der Waals surface area contributed by atoms with Crippen LogP contribution >= 0.6 is 0 Å². The van der Waals surface area contributed by atoms with E-state index in [2.05, 4.69) is 80.2 Å². The highest BCUT2D eigenvalue weighted by atomic mass is 17.2. The van der Waals surface area contributed by atoms with E-state index >= 15 is 0 Å². The highest BCUT2D eigenvalue weighted by Gasteiger charge is 2.66. The highest BCUT2D eigenvalue weighted by molar-refractivity contribution is 6.22. The van der Waals surface area contributed by atoms with Gasteiger partial charge in [-0.1, -0.05) is 124 Å². The van der Waals surface area contributed by atoms with Crippen LogP contribution in [0.1, 0.15) is 311 Å². The fourth-order valence-corrected chi connectivity index (χ4v) is 32.8. The Morgan fingerprint density at radius 2 is 0.741 bits per heavy atom. The first-order valence-electron chi connectivity index (χ1n) is 53.0. The molecule has 0 unspecified atom stereocenters. The minimum absolute atomic E-state index is 0.0127. The number of carbonyl (C=O) groups excluding carboxylic acids is 7. The molecule has 23 aliphatic rings. The average Bonchev–Trinajstić information content (AvgIpc) is 1.58. The van der Waals surface area contributed by atoms with E-state index in [1.165, 1.54) is 153 Å². The quantitative estimate of drug-likeness (QED) is 0.0382. The number of amides is 7. The molecule has 0 aromatic heterocycles. The number of nitro benzene ring substituents is 3. The maximum atomic E-state index is 12.9. The van der Waals surface area contributed by atoms with Crippen molar-refractivity contribution in [3.05, 3.63) is 242 Å².